The van der Waals surface area contributed by atoms with Gasteiger partial charge in [-0.25, -0.2) is 4.98 Å². The summed E-state index contributed by atoms with van der Waals surface area (Å²) in [5.74, 6) is 2.73. The Morgan fingerprint density at radius 2 is 2.06 bits per heavy atom. The minimum atomic E-state index is 0.591. The molecule has 1 N–H and O–H groups in total. The highest BCUT2D eigenvalue weighted by atomic mass is 79.9. The highest BCUT2D eigenvalue weighted by molar-refractivity contribution is 9.10. The van der Waals surface area contributed by atoms with Crippen LogP contribution in [0.4, 0.5) is 5.82 Å². The van der Waals surface area contributed by atoms with Crippen LogP contribution in [0.2, 0.25) is 0 Å². The van der Waals surface area contributed by atoms with Gasteiger partial charge in [0.05, 0.1) is 0 Å². The average Bonchev–Trinajstić information content (AvgIpc) is 2.27. The van der Waals surface area contributed by atoms with Gasteiger partial charge in [0.2, 0.25) is 0 Å². The predicted octanol–water partition coefficient (Wildman–Crippen LogP) is 4.39. The van der Waals surface area contributed by atoms with Crippen LogP contribution in [0.25, 0.3) is 0 Å². The standard InChI is InChI=1S/C14H21BrN2/c1-9-4-5-13(7-10(9)2)17-14-11(3)6-12(15)8-16-14/h6,8-10,13H,4-5,7H2,1-3H3,(H,16,17). The third-order valence-corrected chi connectivity index (χ3v) is 4.42. The lowest BCUT2D eigenvalue weighted by Gasteiger charge is -2.33. The van der Waals surface area contributed by atoms with Crippen molar-refractivity contribution in [3.8, 4) is 0 Å². The highest BCUT2D eigenvalue weighted by Crippen LogP contribution is 2.31. The smallest absolute Gasteiger partial charge is 0.129 e. The molecule has 2 rings (SSSR count). The number of aromatic nitrogens is 1. The number of nitrogens with one attached hydrogen (secondary N) is 1. The molecule has 1 aliphatic carbocycles. The van der Waals surface area contributed by atoms with Crippen molar-refractivity contribution in [1.82, 2.24) is 4.98 Å². The number of pyridine rings is 1. The molecule has 1 aromatic heterocycles. The Labute approximate surface area is 112 Å². The molecule has 3 heteroatoms. The molecule has 0 radical (unpaired) electrons. The molecule has 3 atom stereocenters. The molecular formula is C14H21BrN2. The molecule has 0 aliphatic heterocycles. The van der Waals surface area contributed by atoms with Gasteiger partial charge in [0.1, 0.15) is 5.82 Å². The van der Waals surface area contributed by atoms with E-state index in [-0.39, 0.29) is 0 Å². The first-order valence-corrected chi connectivity index (χ1v) is 7.24. The number of aryl methyl sites for hydroxylation is 1. The topological polar surface area (TPSA) is 24.9 Å². The maximum Gasteiger partial charge on any atom is 0.129 e. The zero-order valence-electron chi connectivity index (χ0n) is 10.8. The Bertz CT molecular complexity index is 392. The first-order valence-electron chi connectivity index (χ1n) is 6.45. The Balaban J connectivity index is 2.01. The van der Waals surface area contributed by atoms with Gasteiger partial charge in [-0.05, 0) is 65.6 Å². The van der Waals surface area contributed by atoms with E-state index in [1.54, 1.807) is 0 Å². The van der Waals surface area contributed by atoms with E-state index in [0.29, 0.717) is 6.04 Å². The molecule has 2 nitrogen and oxygen atoms in total. The SMILES string of the molecule is Cc1cc(Br)cnc1NC1CCC(C)C(C)C1. The number of hydrogen-bond donors (Lipinski definition) is 1. The lowest BCUT2D eigenvalue weighted by atomic mass is 9.79. The van der Waals surface area contributed by atoms with Crippen LogP contribution in [0.3, 0.4) is 0 Å². The molecule has 94 valence electrons. The van der Waals surface area contributed by atoms with Crippen molar-refractivity contribution in [2.45, 2.75) is 46.1 Å². The summed E-state index contributed by atoms with van der Waals surface area (Å²) >= 11 is 3.45. The van der Waals surface area contributed by atoms with Crippen molar-refractivity contribution in [2.75, 3.05) is 5.32 Å². The van der Waals surface area contributed by atoms with E-state index in [2.05, 4.69) is 53.1 Å². The predicted molar refractivity (Wildman–Crippen MR) is 76.3 cm³/mol. The molecule has 1 aromatic rings. The van der Waals surface area contributed by atoms with E-state index in [0.717, 1.165) is 22.1 Å². The van der Waals surface area contributed by atoms with Gasteiger partial charge in [0.25, 0.3) is 0 Å². The fourth-order valence-electron chi connectivity index (χ4n) is 2.56. The van der Waals surface area contributed by atoms with Gasteiger partial charge in [-0.1, -0.05) is 13.8 Å². The molecule has 1 heterocycles. The quantitative estimate of drug-likeness (QED) is 0.875. The number of halogens is 1. The van der Waals surface area contributed by atoms with E-state index >= 15 is 0 Å². The molecule has 3 unspecified atom stereocenters. The van der Waals surface area contributed by atoms with Crippen molar-refractivity contribution in [1.29, 1.82) is 0 Å². The second kappa shape index (κ2) is 5.38. The number of hydrogen-bond acceptors (Lipinski definition) is 2. The average molecular weight is 297 g/mol. The number of nitrogens with zero attached hydrogens (tertiary/aromatic N) is 1. The van der Waals surface area contributed by atoms with Crippen LogP contribution in [-0.4, -0.2) is 11.0 Å². The molecular weight excluding hydrogens is 276 g/mol. The van der Waals surface area contributed by atoms with Crippen LogP contribution >= 0.6 is 15.9 Å². The molecule has 1 saturated carbocycles. The summed E-state index contributed by atoms with van der Waals surface area (Å²) in [6.07, 6.45) is 5.72. The van der Waals surface area contributed by atoms with Gasteiger partial charge in [0, 0.05) is 16.7 Å². The second-order valence-electron chi connectivity index (χ2n) is 5.43. The lowest BCUT2D eigenvalue weighted by molar-refractivity contribution is 0.260. The third kappa shape index (κ3) is 3.21. The molecule has 17 heavy (non-hydrogen) atoms. The zero-order chi connectivity index (χ0) is 12.4. The summed E-state index contributed by atoms with van der Waals surface area (Å²) in [7, 11) is 0. The fraction of sp³-hybridized carbons (Fsp3) is 0.643. The van der Waals surface area contributed by atoms with E-state index in [1.165, 1.54) is 24.8 Å². The van der Waals surface area contributed by atoms with Gasteiger partial charge in [-0.2, -0.15) is 0 Å². The van der Waals surface area contributed by atoms with Crippen LogP contribution in [0, 0.1) is 18.8 Å². The first kappa shape index (κ1) is 12.9. The summed E-state index contributed by atoms with van der Waals surface area (Å²) in [4.78, 5) is 4.46. The molecule has 1 aliphatic rings. The Morgan fingerprint density at radius 1 is 1.29 bits per heavy atom. The van der Waals surface area contributed by atoms with E-state index in [9.17, 15) is 0 Å². The van der Waals surface area contributed by atoms with Gasteiger partial charge in [-0.15, -0.1) is 0 Å². The molecule has 0 saturated heterocycles. The van der Waals surface area contributed by atoms with E-state index in [1.807, 2.05) is 6.20 Å². The molecule has 0 bridgehead atoms. The minimum absolute atomic E-state index is 0.591. The summed E-state index contributed by atoms with van der Waals surface area (Å²) in [6, 6.07) is 2.71. The largest absolute Gasteiger partial charge is 0.367 e. The maximum atomic E-state index is 4.46. The summed E-state index contributed by atoms with van der Waals surface area (Å²) in [6.45, 7) is 6.83. The van der Waals surface area contributed by atoms with Crippen LogP contribution in [-0.2, 0) is 0 Å². The van der Waals surface area contributed by atoms with Crippen molar-refractivity contribution in [3.63, 3.8) is 0 Å². The molecule has 0 amide bonds. The Morgan fingerprint density at radius 3 is 2.71 bits per heavy atom. The Kier molecular flexibility index (Phi) is 4.08. The van der Waals surface area contributed by atoms with Crippen molar-refractivity contribution >= 4 is 21.7 Å². The van der Waals surface area contributed by atoms with Crippen molar-refractivity contribution in [3.05, 3.63) is 22.3 Å². The zero-order valence-corrected chi connectivity index (χ0v) is 12.4. The van der Waals surface area contributed by atoms with Gasteiger partial charge in [0.15, 0.2) is 0 Å². The minimum Gasteiger partial charge on any atom is -0.367 e. The van der Waals surface area contributed by atoms with Gasteiger partial charge >= 0.3 is 0 Å². The summed E-state index contributed by atoms with van der Waals surface area (Å²) < 4.78 is 1.05. The van der Waals surface area contributed by atoms with E-state index in [4.69, 9.17) is 0 Å². The van der Waals surface area contributed by atoms with Gasteiger partial charge in [-0.3, -0.25) is 0 Å². The highest BCUT2D eigenvalue weighted by Gasteiger charge is 2.24. The Hall–Kier alpha value is -0.570. The molecule has 0 spiro atoms. The molecule has 1 fully saturated rings. The number of anilines is 1. The van der Waals surface area contributed by atoms with Crippen LogP contribution in [0.15, 0.2) is 16.7 Å². The van der Waals surface area contributed by atoms with Crippen molar-refractivity contribution < 1.29 is 0 Å². The monoisotopic (exact) mass is 296 g/mol. The lowest BCUT2D eigenvalue weighted by Crippen LogP contribution is -2.30. The second-order valence-corrected chi connectivity index (χ2v) is 6.34. The molecule has 0 aromatic carbocycles. The fourth-order valence-corrected chi connectivity index (χ4v) is 3.01. The normalized spacial score (nSPS) is 29.1. The van der Waals surface area contributed by atoms with Crippen molar-refractivity contribution in [2.24, 2.45) is 11.8 Å². The number of rotatable bonds is 2. The maximum absolute atomic E-state index is 4.46. The van der Waals surface area contributed by atoms with E-state index < -0.39 is 0 Å². The van der Waals surface area contributed by atoms with Crippen LogP contribution in [0.5, 0.6) is 0 Å². The van der Waals surface area contributed by atoms with Crippen LogP contribution in [0.1, 0.15) is 38.7 Å². The summed E-state index contributed by atoms with van der Waals surface area (Å²) in [5.41, 5.74) is 1.21. The first-order chi connectivity index (χ1) is 8.06. The van der Waals surface area contributed by atoms with Crippen LogP contribution < -0.4 is 5.32 Å². The summed E-state index contributed by atoms with van der Waals surface area (Å²) in [5, 5.41) is 3.60. The van der Waals surface area contributed by atoms with Gasteiger partial charge < -0.3 is 5.32 Å². The third-order valence-electron chi connectivity index (χ3n) is 3.98.